The van der Waals surface area contributed by atoms with Crippen molar-refractivity contribution in [1.82, 2.24) is 4.98 Å². The predicted molar refractivity (Wildman–Crippen MR) is 59.9 cm³/mol. The van der Waals surface area contributed by atoms with Crippen LogP contribution in [-0.4, -0.2) is 26.7 Å². The number of rotatable bonds is 2. The standard InChI is InChI=1S/C11H15NO2S/c13-9-11(5-1-2-7-15(11)14)10-4-3-6-12-8-10/h3-4,6,8,13H,1-2,5,7,9H2/t11-,15-/m0/s1. The molecule has 2 rings (SSSR count). The maximum Gasteiger partial charge on any atom is 0.0951 e. The summed E-state index contributed by atoms with van der Waals surface area (Å²) in [7, 11) is -0.978. The SMILES string of the molecule is O=[S@]1CCCC[C@]1(CO)c1cccnc1. The van der Waals surface area contributed by atoms with Crippen LogP contribution in [0.1, 0.15) is 24.8 Å². The molecular weight excluding hydrogens is 210 g/mol. The molecule has 15 heavy (non-hydrogen) atoms. The normalized spacial score (nSPS) is 31.4. The number of hydrogen-bond acceptors (Lipinski definition) is 3. The highest BCUT2D eigenvalue weighted by atomic mass is 32.2. The van der Waals surface area contributed by atoms with Crippen LogP contribution in [0.2, 0.25) is 0 Å². The minimum absolute atomic E-state index is 0.0503. The smallest absolute Gasteiger partial charge is 0.0951 e. The second-order valence-corrected chi connectivity index (χ2v) is 5.78. The average Bonchev–Trinajstić information content (AvgIpc) is 2.31. The number of hydrogen-bond donors (Lipinski definition) is 1. The lowest BCUT2D eigenvalue weighted by molar-refractivity contribution is 0.232. The third-order valence-corrected chi connectivity index (χ3v) is 5.14. The van der Waals surface area contributed by atoms with E-state index >= 15 is 0 Å². The van der Waals surface area contributed by atoms with Crippen LogP contribution < -0.4 is 0 Å². The Kier molecular flexibility index (Phi) is 3.17. The molecule has 1 fully saturated rings. The zero-order valence-corrected chi connectivity index (χ0v) is 9.37. The lowest BCUT2D eigenvalue weighted by Gasteiger charge is -2.34. The van der Waals surface area contributed by atoms with E-state index in [-0.39, 0.29) is 6.61 Å². The van der Waals surface area contributed by atoms with E-state index < -0.39 is 15.5 Å². The molecule has 1 aliphatic rings. The van der Waals surface area contributed by atoms with E-state index in [0.717, 1.165) is 24.8 Å². The molecule has 0 radical (unpaired) electrons. The van der Waals surface area contributed by atoms with Gasteiger partial charge < -0.3 is 5.11 Å². The number of aliphatic hydroxyl groups is 1. The van der Waals surface area contributed by atoms with Crippen LogP contribution in [0.3, 0.4) is 0 Å². The van der Waals surface area contributed by atoms with E-state index in [9.17, 15) is 9.32 Å². The van der Waals surface area contributed by atoms with Crippen molar-refractivity contribution in [2.24, 2.45) is 0 Å². The Morgan fingerprint density at radius 1 is 1.53 bits per heavy atom. The number of aliphatic hydroxyl groups excluding tert-OH is 1. The molecule has 2 atom stereocenters. The van der Waals surface area contributed by atoms with E-state index in [2.05, 4.69) is 4.98 Å². The zero-order chi connectivity index (χ0) is 10.7. The van der Waals surface area contributed by atoms with Crippen molar-refractivity contribution >= 4 is 10.8 Å². The van der Waals surface area contributed by atoms with Crippen molar-refractivity contribution < 1.29 is 9.32 Å². The summed E-state index contributed by atoms with van der Waals surface area (Å²) in [5.74, 6) is 0.690. The van der Waals surface area contributed by atoms with Gasteiger partial charge in [0.05, 0.1) is 11.4 Å². The first-order valence-corrected chi connectivity index (χ1v) is 6.51. The van der Waals surface area contributed by atoms with Crippen molar-refractivity contribution in [2.45, 2.75) is 24.0 Å². The Labute approximate surface area is 92.0 Å². The molecule has 0 bridgehead atoms. The van der Waals surface area contributed by atoms with Crippen molar-refractivity contribution in [1.29, 1.82) is 0 Å². The highest BCUT2D eigenvalue weighted by molar-refractivity contribution is 7.86. The Morgan fingerprint density at radius 3 is 3.00 bits per heavy atom. The van der Waals surface area contributed by atoms with Crippen LogP contribution in [-0.2, 0) is 15.5 Å². The third-order valence-electron chi connectivity index (χ3n) is 3.04. The highest BCUT2D eigenvalue weighted by Gasteiger charge is 2.40. The van der Waals surface area contributed by atoms with Gasteiger partial charge in [0.25, 0.3) is 0 Å². The van der Waals surface area contributed by atoms with Gasteiger partial charge in [-0.2, -0.15) is 0 Å². The molecule has 0 spiro atoms. The van der Waals surface area contributed by atoms with Gasteiger partial charge >= 0.3 is 0 Å². The Hall–Kier alpha value is -0.740. The van der Waals surface area contributed by atoms with E-state index in [4.69, 9.17) is 0 Å². The lowest BCUT2D eigenvalue weighted by Crippen LogP contribution is -2.39. The summed E-state index contributed by atoms with van der Waals surface area (Å²) < 4.78 is 11.5. The molecule has 1 aliphatic heterocycles. The third kappa shape index (κ3) is 1.84. The molecule has 0 saturated carbocycles. The minimum Gasteiger partial charge on any atom is -0.394 e. The fourth-order valence-corrected chi connectivity index (χ4v) is 3.86. The van der Waals surface area contributed by atoms with Crippen molar-refractivity contribution in [3.05, 3.63) is 30.1 Å². The molecule has 1 N–H and O–H groups in total. The first-order chi connectivity index (χ1) is 7.29. The van der Waals surface area contributed by atoms with Gasteiger partial charge in [-0.25, -0.2) is 0 Å². The molecule has 1 aromatic rings. The molecule has 0 aromatic carbocycles. The summed E-state index contributed by atoms with van der Waals surface area (Å²) in [6.45, 7) is -0.0503. The van der Waals surface area contributed by atoms with Gasteiger partial charge in [0, 0.05) is 28.9 Å². The summed E-state index contributed by atoms with van der Waals surface area (Å²) in [4.78, 5) is 4.04. The molecule has 1 aromatic heterocycles. The van der Waals surface area contributed by atoms with Crippen LogP contribution in [0.15, 0.2) is 24.5 Å². The van der Waals surface area contributed by atoms with Gasteiger partial charge in [-0.3, -0.25) is 9.19 Å². The Morgan fingerprint density at radius 2 is 2.40 bits per heavy atom. The van der Waals surface area contributed by atoms with Gasteiger partial charge in [-0.1, -0.05) is 12.5 Å². The fourth-order valence-electron chi connectivity index (χ4n) is 2.10. The van der Waals surface area contributed by atoms with E-state index in [0.29, 0.717) is 5.75 Å². The zero-order valence-electron chi connectivity index (χ0n) is 8.56. The lowest BCUT2D eigenvalue weighted by atomic mass is 9.94. The number of pyridine rings is 1. The summed E-state index contributed by atoms with van der Waals surface area (Å²) in [5.41, 5.74) is 0.908. The maximum atomic E-state index is 12.1. The molecule has 4 heteroatoms. The monoisotopic (exact) mass is 225 g/mol. The van der Waals surface area contributed by atoms with Crippen LogP contribution in [0.25, 0.3) is 0 Å². The van der Waals surface area contributed by atoms with Crippen molar-refractivity contribution in [2.75, 3.05) is 12.4 Å². The Bertz CT molecular complexity index is 355. The van der Waals surface area contributed by atoms with Gasteiger partial charge in [0.1, 0.15) is 0 Å². The molecule has 1 saturated heterocycles. The second kappa shape index (κ2) is 4.41. The number of aromatic nitrogens is 1. The molecule has 0 aliphatic carbocycles. The van der Waals surface area contributed by atoms with Gasteiger partial charge in [0.2, 0.25) is 0 Å². The number of nitrogens with zero attached hydrogens (tertiary/aromatic N) is 1. The van der Waals surface area contributed by atoms with E-state index in [1.807, 2.05) is 12.1 Å². The molecule has 3 nitrogen and oxygen atoms in total. The molecule has 2 heterocycles. The first kappa shape index (κ1) is 10.8. The van der Waals surface area contributed by atoms with Crippen LogP contribution >= 0.6 is 0 Å². The Balaban J connectivity index is 2.40. The molecule has 0 unspecified atom stereocenters. The summed E-state index contributed by atoms with van der Waals surface area (Å²) >= 11 is 0. The first-order valence-electron chi connectivity index (χ1n) is 5.19. The van der Waals surface area contributed by atoms with Crippen molar-refractivity contribution in [3.8, 4) is 0 Å². The van der Waals surface area contributed by atoms with Gasteiger partial charge in [-0.05, 0) is 24.5 Å². The quantitative estimate of drug-likeness (QED) is 0.823. The summed E-state index contributed by atoms with van der Waals surface area (Å²) in [6, 6.07) is 3.74. The average molecular weight is 225 g/mol. The van der Waals surface area contributed by atoms with Gasteiger partial charge in [-0.15, -0.1) is 0 Å². The topological polar surface area (TPSA) is 50.2 Å². The maximum absolute atomic E-state index is 12.1. The van der Waals surface area contributed by atoms with Crippen LogP contribution in [0.4, 0.5) is 0 Å². The predicted octanol–water partition coefficient (Wildman–Crippen LogP) is 1.20. The molecular formula is C11H15NO2S. The highest BCUT2D eigenvalue weighted by Crippen LogP contribution is 2.36. The largest absolute Gasteiger partial charge is 0.394 e. The van der Waals surface area contributed by atoms with Crippen molar-refractivity contribution in [3.63, 3.8) is 0 Å². The molecule has 82 valence electrons. The van der Waals surface area contributed by atoms with Gasteiger partial charge in [0.15, 0.2) is 0 Å². The molecule has 0 amide bonds. The summed E-state index contributed by atoms with van der Waals surface area (Å²) in [5, 5.41) is 9.54. The second-order valence-electron chi connectivity index (χ2n) is 3.90. The van der Waals surface area contributed by atoms with Crippen LogP contribution in [0, 0.1) is 0 Å². The van der Waals surface area contributed by atoms with E-state index in [1.165, 1.54) is 0 Å². The minimum atomic E-state index is -0.978. The van der Waals surface area contributed by atoms with Crippen LogP contribution in [0.5, 0.6) is 0 Å². The fraction of sp³-hybridized carbons (Fsp3) is 0.545. The van der Waals surface area contributed by atoms with E-state index in [1.54, 1.807) is 12.4 Å². The summed E-state index contributed by atoms with van der Waals surface area (Å²) in [6.07, 6.45) is 6.23.